The highest BCUT2D eigenvalue weighted by molar-refractivity contribution is 6.31. The van der Waals surface area contributed by atoms with Crippen LogP contribution in [0.15, 0.2) is 60.8 Å². The van der Waals surface area contributed by atoms with Crippen molar-refractivity contribution in [2.24, 2.45) is 0 Å². The quantitative estimate of drug-likeness (QED) is 0.767. The first kappa shape index (κ1) is 16.1. The number of benzene rings is 2. The number of anilines is 1. The summed E-state index contributed by atoms with van der Waals surface area (Å²) in [5.74, 6) is 0.721. The molecule has 0 aliphatic heterocycles. The van der Waals surface area contributed by atoms with Gasteiger partial charge in [-0.2, -0.15) is 5.10 Å². The van der Waals surface area contributed by atoms with Gasteiger partial charge in [-0.3, -0.25) is 9.48 Å². The Morgan fingerprint density at radius 1 is 1.17 bits per heavy atom. The molecule has 0 fully saturated rings. The summed E-state index contributed by atoms with van der Waals surface area (Å²) in [6.07, 6.45) is 1.79. The number of para-hydroxylation sites is 1. The molecule has 0 unspecified atom stereocenters. The Labute approximate surface area is 144 Å². The van der Waals surface area contributed by atoms with Crippen LogP contribution in [0.1, 0.15) is 15.9 Å². The van der Waals surface area contributed by atoms with Crippen LogP contribution >= 0.6 is 11.6 Å². The zero-order valence-electron chi connectivity index (χ0n) is 13.1. The third-order valence-electron chi connectivity index (χ3n) is 3.52. The number of carbonyl (C=O) groups is 1. The first-order valence-corrected chi connectivity index (χ1v) is 7.76. The summed E-state index contributed by atoms with van der Waals surface area (Å²) in [7, 11) is 1.53. The number of methoxy groups -OCH3 is 1. The molecular weight excluding hydrogens is 326 g/mol. The summed E-state index contributed by atoms with van der Waals surface area (Å²) < 4.78 is 6.92. The highest BCUT2D eigenvalue weighted by atomic mass is 35.5. The lowest BCUT2D eigenvalue weighted by Crippen LogP contribution is -2.14. The maximum absolute atomic E-state index is 12.4. The Hall–Kier alpha value is -2.79. The molecule has 0 aliphatic carbocycles. The van der Waals surface area contributed by atoms with Crippen molar-refractivity contribution in [3.05, 3.63) is 76.9 Å². The summed E-state index contributed by atoms with van der Waals surface area (Å²) in [4.78, 5) is 12.4. The SMILES string of the molecule is COc1ccccc1C(=O)Nc1ccn(Cc2ccccc2Cl)n1. The molecule has 0 bridgehead atoms. The van der Waals surface area contributed by atoms with Crippen molar-refractivity contribution in [2.45, 2.75) is 6.54 Å². The van der Waals surface area contributed by atoms with Gasteiger partial charge in [0.15, 0.2) is 5.82 Å². The number of hydrogen-bond acceptors (Lipinski definition) is 3. The predicted octanol–water partition coefficient (Wildman–Crippen LogP) is 3.85. The van der Waals surface area contributed by atoms with Gasteiger partial charge in [-0.25, -0.2) is 0 Å². The van der Waals surface area contributed by atoms with Gasteiger partial charge in [0.05, 0.1) is 19.2 Å². The second kappa shape index (κ2) is 7.19. The summed E-state index contributed by atoms with van der Waals surface area (Å²) in [5, 5.41) is 7.81. The number of amides is 1. The Morgan fingerprint density at radius 3 is 2.71 bits per heavy atom. The highest BCUT2D eigenvalue weighted by Gasteiger charge is 2.13. The van der Waals surface area contributed by atoms with Crippen molar-refractivity contribution in [1.29, 1.82) is 0 Å². The lowest BCUT2D eigenvalue weighted by atomic mass is 10.2. The lowest BCUT2D eigenvalue weighted by molar-refractivity contribution is 0.102. The summed E-state index contributed by atoms with van der Waals surface area (Å²) >= 11 is 6.15. The van der Waals surface area contributed by atoms with Crippen molar-refractivity contribution in [3.63, 3.8) is 0 Å². The number of halogens is 1. The van der Waals surface area contributed by atoms with Crippen LogP contribution in [0.4, 0.5) is 5.82 Å². The molecule has 1 heterocycles. The number of rotatable bonds is 5. The Kier molecular flexibility index (Phi) is 4.82. The first-order valence-electron chi connectivity index (χ1n) is 7.38. The van der Waals surface area contributed by atoms with Gasteiger partial charge in [-0.1, -0.05) is 41.9 Å². The number of aromatic nitrogens is 2. The normalized spacial score (nSPS) is 10.4. The molecule has 0 saturated heterocycles. The zero-order valence-corrected chi connectivity index (χ0v) is 13.8. The van der Waals surface area contributed by atoms with Crippen LogP contribution < -0.4 is 10.1 Å². The van der Waals surface area contributed by atoms with E-state index < -0.39 is 0 Å². The zero-order chi connectivity index (χ0) is 16.9. The van der Waals surface area contributed by atoms with E-state index >= 15 is 0 Å². The Balaban J connectivity index is 1.72. The van der Waals surface area contributed by atoms with E-state index in [1.165, 1.54) is 7.11 Å². The Bertz CT molecular complexity index is 861. The lowest BCUT2D eigenvalue weighted by Gasteiger charge is -2.07. The fraction of sp³-hybridized carbons (Fsp3) is 0.111. The fourth-order valence-corrected chi connectivity index (χ4v) is 2.53. The molecule has 6 heteroatoms. The van der Waals surface area contributed by atoms with Crippen LogP contribution in [-0.2, 0) is 6.54 Å². The topological polar surface area (TPSA) is 56.1 Å². The van der Waals surface area contributed by atoms with Gasteiger partial charge in [-0.05, 0) is 23.8 Å². The van der Waals surface area contributed by atoms with Gasteiger partial charge in [0.25, 0.3) is 5.91 Å². The standard InChI is InChI=1S/C18H16ClN3O2/c1-24-16-9-5-3-7-14(16)18(23)20-17-10-11-22(21-17)12-13-6-2-4-8-15(13)19/h2-11H,12H2,1H3,(H,20,21,23). The molecule has 0 radical (unpaired) electrons. The number of ether oxygens (including phenoxy) is 1. The molecule has 3 aromatic rings. The molecule has 0 atom stereocenters. The molecule has 3 rings (SSSR count). The van der Waals surface area contributed by atoms with Gasteiger partial charge in [0, 0.05) is 17.3 Å². The van der Waals surface area contributed by atoms with Crippen molar-refractivity contribution < 1.29 is 9.53 Å². The highest BCUT2D eigenvalue weighted by Crippen LogP contribution is 2.19. The fourth-order valence-electron chi connectivity index (χ4n) is 2.33. The van der Waals surface area contributed by atoms with E-state index in [-0.39, 0.29) is 5.91 Å². The van der Waals surface area contributed by atoms with Crippen LogP contribution in [0.5, 0.6) is 5.75 Å². The van der Waals surface area contributed by atoms with E-state index in [0.29, 0.717) is 28.7 Å². The number of hydrogen-bond donors (Lipinski definition) is 1. The van der Waals surface area contributed by atoms with Crippen LogP contribution in [0.25, 0.3) is 0 Å². The third-order valence-corrected chi connectivity index (χ3v) is 3.89. The summed E-state index contributed by atoms with van der Waals surface area (Å²) in [5.41, 5.74) is 1.42. The first-order chi connectivity index (χ1) is 11.7. The molecule has 1 amide bonds. The molecule has 5 nitrogen and oxygen atoms in total. The average Bonchev–Trinajstić information content (AvgIpc) is 3.04. The third kappa shape index (κ3) is 3.58. The van der Waals surface area contributed by atoms with E-state index in [1.807, 2.05) is 30.3 Å². The second-order valence-electron chi connectivity index (χ2n) is 5.14. The van der Waals surface area contributed by atoms with Crippen LogP contribution in [0.3, 0.4) is 0 Å². The molecule has 1 N–H and O–H groups in total. The van der Waals surface area contributed by atoms with E-state index in [9.17, 15) is 4.79 Å². The molecule has 1 aromatic heterocycles. The minimum Gasteiger partial charge on any atom is -0.496 e. The van der Waals surface area contributed by atoms with Crippen molar-refractivity contribution in [2.75, 3.05) is 12.4 Å². The van der Waals surface area contributed by atoms with Crippen LogP contribution in [0, 0.1) is 0 Å². The van der Waals surface area contributed by atoms with Gasteiger partial charge in [0.2, 0.25) is 0 Å². The van der Waals surface area contributed by atoms with Gasteiger partial charge in [0.1, 0.15) is 5.75 Å². The van der Waals surface area contributed by atoms with Crippen molar-refractivity contribution in [3.8, 4) is 5.75 Å². The largest absolute Gasteiger partial charge is 0.496 e. The van der Waals surface area contributed by atoms with Crippen LogP contribution in [0.2, 0.25) is 5.02 Å². The van der Waals surface area contributed by atoms with E-state index in [1.54, 1.807) is 35.1 Å². The smallest absolute Gasteiger partial charge is 0.260 e. The predicted molar refractivity (Wildman–Crippen MR) is 93.7 cm³/mol. The number of nitrogens with one attached hydrogen (secondary N) is 1. The molecule has 122 valence electrons. The van der Waals surface area contributed by atoms with Crippen molar-refractivity contribution >= 4 is 23.3 Å². The molecular formula is C18H16ClN3O2. The monoisotopic (exact) mass is 341 g/mol. The molecule has 24 heavy (non-hydrogen) atoms. The number of carbonyl (C=O) groups excluding carboxylic acids is 1. The van der Waals surface area contributed by atoms with Gasteiger partial charge >= 0.3 is 0 Å². The Morgan fingerprint density at radius 2 is 1.92 bits per heavy atom. The maximum Gasteiger partial charge on any atom is 0.260 e. The van der Waals surface area contributed by atoms with E-state index in [0.717, 1.165) is 5.56 Å². The van der Waals surface area contributed by atoms with E-state index in [2.05, 4.69) is 10.4 Å². The average molecular weight is 342 g/mol. The van der Waals surface area contributed by atoms with E-state index in [4.69, 9.17) is 16.3 Å². The summed E-state index contributed by atoms with van der Waals surface area (Å²) in [6.45, 7) is 0.532. The second-order valence-corrected chi connectivity index (χ2v) is 5.55. The molecule has 0 saturated carbocycles. The minimum absolute atomic E-state index is 0.268. The molecule has 0 spiro atoms. The summed E-state index contributed by atoms with van der Waals surface area (Å²) in [6, 6.07) is 16.4. The van der Waals surface area contributed by atoms with Crippen molar-refractivity contribution in [1.82, 2.24) is 9.78 Å². The maximum atomic E-state index is 12.4. The molecule has 0 aliphatic rings. The molecule has 2 aromatic carbocycles. The van der Waals surface area contributed by atoms with Gasteiger partial charge in [-0.15, -0.1) is 0 Å². The van der Waals surface area contributed by atoms with Gasteiger partial charge < -0.3 is 10.1 Å². The van der Waals surface area contributed by atoms with Crippen LogP contribution in [-0.4, -0.2) is 22.8 Å². The number of nitrogens with zero attached hydrogens (tertiary/aromatic N) is 2. The minimum atomic E-state index is -0.268.